The third-order valence-corrected chi connectivity index (χ3v) is 4.80. The van der Waals surface area contributed by atoms with Crippen LogP contribution in [0.5, 0.6) is 0 Å². The first-order valence-corrected chi connectivity index (χ1v) is 9.47. The molecule has 0 saturated carbocycles. The second-order valence-corrected chi connectivity index (χ2v) is 7.05. The minimum atomic E-state index is -0.902. The summed E-state index contributed by atoms with van der Waals surface area (Å²) in [6.45, 7) is 5.37. The highest BCUT2D eigenvalue weighted by atomic mass is 32.2. The molecule has 0 aliphatic heterocycles. The van der Waals surface area contributed by atoms with Crippen LogP contribution in [0, 0.1) is 13.8 Å². The Balaban J connectivity index is 1.53. The minimum absolute atomic E-state index is 0.00777. The molecule has 0 radical (unpaired) electrons. The third-order valence-electron chi connectivity index (χ3n) is 3.99. The number of nitrogens with one attached hydrogen (secondary N) is 1. The number of aromatic nitrogens is 1. The lowest BCUT2D eigenvalue weighted by Crippen LogP contribution is -2.31. The number of carbonyl (C=O) groups is 2. The van der Waals surface area contributed by atoms with Gasteiger partial charge >= 0.3 is 5.97 Å². The van der Waals surface area contributed by atoms with Crippen molar-refractivity contribution in [1.29, 1.82) is 0 Å². The SMILES string of the molecule is Cc1cccc(C)c1NC(=O)C(C)OC(=O)CSc1nc2ccccc2o1. The van der Waals surface area contributed by atoms with Gasteiger partial charge in [-0.05, 0) is 44.0 Å². The summed E-state index contributed by atoms with van der Waals surface area (Å²) in [6, 6.07) is 13.1. The molecule has 1 heterocycles. The second kappa shape index (κ2) is 8.26. The number of carbonyl (C=O) groups excluding carboxylic acids is 2. The molecule has 2 aromatic carbocycles. The molecular weight excluding hydrogens is 364 g/mol. The summed E-state index contributed by atoms with van der Waals surface area (Å²) >= 11 is 1.13. The number of amides is 1. The summed E-state index contributed by atoms with van der Waals surface area (Å²) < 4.78 is 10.8. The van der Waals surface area contributed by atoms with Gasteiger partial charge in [-0.2, -0.15) is 0 Å². The quantitative estimate of drug-likeness (QED) is 0.509. The normalized spacial score (nSPS) is 12.0. The van der Waals surface area contributed by atoms with Crippen LogP contribution in [0.25, 0.3) is 11.1 Å². The number of thioether (sulfide) groups is 1. The zero-order chi connectivity index (χ0) is 19.4. The van der Waals surface area contributed by atoms with Crippen molar-refractivity contribution in [1.82, 2.24) is 4.98 Å². The summed E-state index contributed by atoms with van der Waals surface area (Å²) in [5.74, 6) is -0.868. The van der Waals surface area contributed by atoms with E-state index in [0.717, 1.165) is 34.1 Å². The van der Waals surface area contributed by atoms with Gasteiger partial charge in [-0.1, -0.05) is 42.1 Å². The maximum Gasteiger partial charge on any atom is 0.317 e. The van der Waals surface area contributed by atoms with E-state index in [0.29, 0.717) is 10.8 Å². The number of esters is 1. The van der Waals surface area contributed by atoms with Gasteiger partial charge in [0.15, 0.2) is 11.7 Å². The molecule has 27 heavy (non-hydrogen) atoms. The van der Waals surface area contributed by atoms with E-state index in [1.54, 1.807) is 6.92 Å². The number of ether oxygens (including phenoxy) is 1. The van der Waals surface area contributed by atoms with E-state index >= 15 is 0 Å². The molecule has 0 saturated heterocycles. The number of fused-ring (bicyclic) bond motifs is 1. The fourth-order valence-electron chi connectivity index (χ4n) is 2.55. The van der Waals surface area contributed by atoms with E-state index in [-0.39, 0.29) is 11.7 Å². The first kappa shape index (κ1) is 19.0. The van der Waals surface area contributed by atoms with E-state index in [1.165, 1.54) is 0 Å². The van der Waals surface area contributed by atoms with Crippen molar-refractivity contribution in [2.45, 2.75) is 32.1 Å². The van der Waals surface area contributed by atoms with Gasteiger partial charge in [-0.15, -0.1) is 0 Å². The number of hydrogen-bond donors (Lipinski definition) is 1. The van der Waals surface area contributed by atoms with Gasteiger partial charge in [0, 0.05) is 5.69 Å². The van der Waals surface area contributed by atoms with Crippen molar-refractivity contribution in [3.05, 3.63) is 53.6 Å². The minimum Gasteiger partial charge on any atom is -0.452 e. The van der Waals surface area contributed by atoms with Crippen LogP contribution in [-0.4, -0.2) is 28.7 Å². The second-order valence-electron chi connectivity index (χ2n) is 6.12. The number of rotatable bonds is 6. The lowest BCUT2D eigenvalue weighted by molar-refractivity contribution is -0.150. The van der Waals surface area contributed by atoms with Gasteiger partial charge in [0.05, 0.1) is 0 Å². The van der Waals surface area contributed by atoms with Gasteiger partial charge in [-0.3, -0.25) is 9.59 Å². The van der Waals surface area contributed by atoms with Crippen molar-refractivity contribution in [2.24, 2.45) is 0 Å². The fraction of sp³-hybridized carbons (Fsp3) is 0.250. The average Bonchev–Trinajstić information content (AvgIpc) is 3.06. The molecule has 1 amide bonds. The summed E-state index contributed by atoms with van der Waals surface area (Å²) in [5, 5.41) is 3.21. The van der Waals surface area contributed by atoms with Gasteiger partial charge in [-0.25, -0.2) is 4.98 Å². The predicted molar refractivity (Wildman–Crippen MR) is 105 cm³/mol. The zero-order valence-electron chi connectivity index (χ0n) is 15.3. The van der Waals surface area contributed by atoms with Crippen LogP contribution >= 0.6 is 11.8 Å². The average molecular weight is 384 g/mol. The number of anilines is 1. The van der Waals surface area contributed by atoms with Gasteiger partial charge < -0.3 is 14.5 Å². The molecule has 1 aromatic heterocycles. The highest BCUT2D eigenvalue weighted by molar-refractivity contribution is 7.99. The first-order valence-electron chi connectivity index (χ1n) is 8.49. The number of hydrogen-bond acceptors (Lipinski definition) is 6. The van der Waals surface area contributed by atoms with Crippen LogP contribution < -0.4 is 5.32 Å². The van der Waals surface area contributed by atoms with E-state index in [2.05, 4.69) is 10.3 Å². The largest absolute Gasteiger partial charge is 0.452 e. The summed E-state index contributed by atoms with van der Waals surface area (Å²) in [5.41, 5.74) is 4.04. The Morgan fingerprint density at radius 3 is 2.56 bits per heavy atom. The van der Waals surface area contributed by atoms with E-state index in [9.17, 15) is 9.59 Å². The third kappa shape index (κ3) is 4.68. The molecule has 0 aliphatic rings. The molecule has 1 N–H and O–H groups in total. The molecule has 140 valence electrons. The van der Waals surface area contributed by atoms with E-state index in [1.807, 2.05) is 56.3 Å². The zero-order valence-corrected chi connectivity index (χ0v) is 16.1. The Morgan fingerprint density at radius 1 is 1.15 bits per heavy atom. The van der Waals surface area contributed by atoms with Crippen molar-refractivity contribution in [3.63, 3.8) is 0 Å². The maximum atomic E-state index is 12.3. The molecule has 3 rings (SSSR count). The van der Waals surface area contributed by atoms with Crippen molar-refractivity contribution < 1.29 is 18.7 Å². The van der Waals surface area contributed by atoms with Crippen LogP contribution in [0.2, 0.25) is 0 Å². The molecule has 3 aromatic rings. The maximum absolute atomic E-state index is 12.3. The van der Waals surface area contributed by atoms with Crippen LogP contribution in [0.15, 0.2) is 52.1 Å². The molecule has 1 unspecified atom stereocenters. The number of oxazole rings is 1. The monoisotopic (exact) mass is 384 g/mol. The molecule has 0 bridgehead atoms. The van der Waals surface area contributed by atoms with Crippen molar-refractivity contribution in [3.8, 4) is 0 Å². The molecule has 0 aliphatic carbocycles. The number of nitrogens with zero attached hydrogens (tertiary/aromatic N) is 1. The summed E-state index contributed by atoms with van der Waals surface area (Å²) in [7, 11) is 0. The van der Waals surface area contributed by atoms with Crippen LogP contribution in [-0.2, 0) is 14.3 Å². The van der Waals surface area contributed by atoms with Gasteiger partial charge in [0.2, 0.25) is 0 Å². The Labute approximate surface area is 161 Å². The summed E-state index contributed by atoms with van der Waals surface area (Å²) in [4.78, 5) is 28.6. The molecule has 6 nitrogen and oxygen atoms in total. The van der Waals surface area contributed by atoms with Crippen LogP contribution in [0.4, 0.5) is 5.69 Å². The molecule has 7 heteroatoms. The number of para-hydroxylation sites is 3. The Bertz CT molecular complexity index is 930. The van der Waals surface area contributed by atoms with Crippen LogP contribution in [0.3, 0.4) is 0 Å². The highest BCUT2D eigenvalue weighted by Crippen LogP contribution is 2.23. The van der Waals surface area contributed by atoms with Gasteiger partial charge in [0.25, 0.3) is 11.1 Å². The van der Waals surface area contributed by atoms with Crippen LogP contribution in [0.1, 0.15) is 18.1 Å². The molecule has 0 spiro atoms. The number of benzene rings is 2. The Hall–Kier alpha value is -2.80. The molecule has 0 fully saturated rings. The Kier molecular flexibility index (Phi) is 5.81. The van der Waals surface area contributed by atoms with E-state index in [4.69, 9.17) is 9.15 Å². The van der Waals surface area contributed by atoms with Crippen molar-refractivity contribution >= 4 is 40.4 Å². The van der Waals surface area contributed by atoms with E-state index < -0.39 is 12.1 Å². The predicted octanol–water partition coefficient (Wildman–Crippen LogP) is 4.11. The summed E-state index contributed by atoms with van der Waals surface area (Å²) in [6.07, 6.45) is -0.902. The highest BCUT2D eigenvalue weighted by Gasteiger charge is 2.20. The smallest absolute Gasteiger partial charge is 0.317 e. The molecular formula is C20H20N2O4S. The lowest BCUT2D eigenvalue weighted by atomic mass is 10.1. The van der Waals surface area contributed by atoms with Gasteiger partial charge in [0.1, 0.15) is 11.3 Å². The molecule has 1 atom stereocenters. The lowest BCUT2D eigenvalue weighted by Gasteiger charge is -2.16. The Morgan fingerprint density at radius 2 is 1.85 bits per heavy atom. The standard InChI is InChI=1S/C20H20N2O4S/c1-12-7-6-8-13(2)18(12)22-19(24)14(3)25-17(23)11-27-20-21-15-9-4-5-10-16(15)26-20/h4-10,14H,11H2,1-3H3,(H,22,24). The fourth-order valence-corrected chi connectivity index (χ4v) is 3.18. The first-order chi connectivity index (χ1) is 12.9. The van der Waals surface area contributed by atoms with Crippen molar-refractivity contribution in [2.75, 3.05) is 11.1 Å². The number of aryl methyl sites for hydroxylation is 2. The topological polar surface area (TPSA) is 81.4 Å².